The summed E-state index contributed by atoms with van der Waals surface area (Å²) in [6.45, 7) is 5.20. The Morgan fingerprint density at radius 1 is 1.32 bits per heavy atom. The normalized spacial score (nSPS) is 10.5. The van der Waals surface area contributed by atoms with Gasteiger partial charge in [0.25, 0.3) is 5.91 Å². The molecule has 2 aromatic rings. The van der Waals surface area contributed by atoms with Gasteiger partial charge in [-0.1, -0.05) is 30.3 Å². The molecule has 0 unspecified atom stereocenters. The molecular formula is C15H19N3O. The van der Waals surface area contributed by atoms with Crippen molar-refractivity contribution in [3.8, 4) is 0 Å². The summed E-state index contributed by atoms with van der Waals surface area (Å²) in [6.07, 6.45) is 0. The summed E-state index contributed by atoms with van der Waals surface area (Å²) in [5, 5.41) is 4.31. The van der Waals surface area contributed by atoms with Crippen LogP contribution in [0.3, 0.4) is 0 Å². The maximum absolute atomic E-state index is 12.4. The Hall–Kier alpha value is -2.10. The van der Waals surface area contributed by atoms with Crippen molar-refractivity contribution in [2.45, 2.75) is 26.9 Å². The fraction of sp³-hybridized carbons (Fsp3) is 0.333. The number of rotatable bonds is 4. The van der Waals surface area contributed by atoms with Crippen molar-refractivity contribution in [1.29, 1.82) is 0 Å². The number of aromatic nitrogens is 2. The van der Waals surface area contributed by atoms with Crippen molar-refractivity contribution < 1.29 is 4.79 Å². The molecule has 4 nitrogen and oxygen atoms in total. The molecule has 1 aromatic carbocycles. The minimum Gasteiger partial charge on any atom is -0.336 e. The van der Waals surface area contributed by atoms with Gasteiger partial charge in [-0.3, -0.25) is 9.48 Å². The van der Waals surface area contributed by atoms with Gasteiger partial charge in [-0.25, -0.2) is 0 Å². The summed E-state index contributed by atoms with van der Waals surface area (Å²) < 4.78 is 1.75. The average molecular weight is 257 g/mol. The molecule has 0 aliphatic rings. The van der Waals surface area contributed by atoms with E-state index in [4.69, 9.17) is 0 Å². The Labute approximate surface area is 113 Å². The molecule has 0 atom stereocenters. The lowest BCUT2D eigenvalue weighted by molar-refractivity contribution is 0.0773. The third-order valence-corrected chi connectivity index (χ3v) is 3.03. The maximum atomic E-state index is 12.4. The van der Waals surface area contributed by atoms with Crippen molar-refractivity contribution >= 4 is 5.91 Å². The molecule has 1 heterocycles. The van der Waals surface area contributed by atoms with Crippen LogP contribution in [0.15, 0.2) is 36.4 Å². The summed E-state index contributed by atoms with van der Waals surface area (Å²) in [4.78, 5) is 14.1. The smallest absolute Gasteiger partial charge is 0.272 e. The molecule has 0 radical (unpaired) electrons. The van der Waals surface area contributed by atoms with Crippen LogP contribution in [-0.2, 0) is 13.1 Å². The quantitative estimate of drug-likeness (QED) is 0.844. The predicted molar refractivity (Wildman–Crippen MR) is 74.9 cm³/mol. The van der Waals surface area contributed by atoms with Crippen molar-refractivity contribution in [2.75, 3.05) is 7.05 Å². The van der Waals surface area contributed by atoms with Gasteiger partial charge in [0.1, 0.15) is 5.69 Å². The molecule has 0 aliphatic heterocycles. The highest BCUT2D eigenvalue weighted by molar-refractivity contribution is 5.92. The summed E-state index contributed by atoms with van der Waals surface area (Å²) >= 11 is 0. The fourth-order valence-electron chi connectivity index (χ4n) is 2.08. The van der Waals surface area contributed by atoms with E-state index in [9.17, 15) is 4.79 Å². The lowest BCUT2D eigenvalue weighted by Gasteiger charge is -2.17. The van der Waals surface area contributed by atoms with Crippen LogP contribution in [0.4, 0.5) is 0 Å². The molecule has 0 spiro atoms. The van der Waals surface area contributed by atoms with Gasteiger partial charge >= 0.3 is 0 Å². The van der Waals surface area contributed by atoms with E-state index in [-0.39, 0.29) is 5.91 Å². The third-order valence-electron chi connectivity index (χ3n) is 3.03. The van der Waals surface area contributed by atoms with E-state index in [1.807, 2.05) is 57.3 Å². The summed E-state index contributed by atoms with van der Waals surface area (Å²) in [6, 6.07) is 11.8. The molecule has 4 heteroatoms. The van der Waals surface area contributed by atoms with Gasteiger partial charge in [-0.2, -0.15) is 5.10 Å². The number of hydrogen-bond acceptors (Lipinski definition) is 2. The SMILES string of the molecule is CCn1nc(C)cc1C(=O)N(C)Cc1ccccc1. The van der Waals surface area contributed by atoms with Crippen LogP contribution in [0.5, 0.6) is 0 Å². The highest BCUT2D eigenvalue weighted by atomic mass is 16.2. The highest BCUT2D eigenvalue weighted by Gasteiger charge is 2.17. The number of hydrogen-bond donors (Lipinski definition) is 0. The second-order valence-electron chi connectivity index (χ2n) is 4.63. The van der Waals surface area contributed by atoms with E-state index in [1.165, 1.54) is 0 Å². The van der Waals surface area contributed by atoms with E-state index >= 15 is 0 Å². The molecule has 100 valence electrons. The number of benzene rings is 1. The van der Waals surface area contributed by atoms with Crippen molar-refractivity contribution in [2.24, 2.45) is 0 Å². The molecule has 0 saturated carbocycles. The highest BCUT2D eigenvalue weighted by Crippen LogP contribution is 2.10. The minimum atomic E-state index is 0.00584. The van der Waals surface area contributed by atoms with Crippen LogP contribution >= 0.6 is 0 Å². The van der Waals surface area contributed by atoms with E-state index in [2.05, 4.69) is 5.10 Å². The Morgan fingerprint density at radius 3 is 2.63 bits per heavy atom. The number of carbonyl (C=O) groups excluding carboxylic acids is 1. The minimum absolute atomic E-state index is 0.00584. The Balaban J connectivity index is 2.15. The average Bonchev–Trinajstić information content (AvgIpc) is 2.80. The summed E-state index contributed by atoms with van der Waals surface area (Å²) in [7, 11) is 1.82. The Kier molecular flexibility index (Phi) is 4.00. The van der Waals surface area contributed by atoms with E-state index in [0.29, 0.717) is 18.8 Å². The molecule has 2 rings (SSSR count). The molecule has 0 fully saturated rings. The molecule has 19 heavy (non-hydrogen) atoms. The molecule has 0 saturated heterocycles. The Morgan fingerprint density at radius 2 is 2.00 bits per heavy atom. The molecular weight excluding hydrogens is 238 g/mol. The van der Waals surface area contributed by atoms with Gasteiger partial charge in [0.05, 0.1) is 5.69 Å². The standard InChI is InChI=1S/C15H19N3O/c1-4-18-14(10-12(2)16-18)15(19)17(3)11-13-8-6-5-7-9-13/h5-10H,4,11H2,1-3H3. The monoisotopic (exact) mass is 257 g/mol. The maximum Gasteiger partial charge on any atom is 0.272 e. The van der Waals surface area contributed by atoms with Crippen molar-refractivity contribution in [3.05, 3.63) is 53.3 Å². The van der Waals surface area contributed by atoms with Gasteiger partial charge < -0.3 is 4.90 Å². The van der Waals surface area contributed by atoms with Gasteiger partial charge in [0, 0.05) is 20.1 Å². The van der Waals surface area contributed by atoms with Crippen LogP contribution < -0.4 is 0 Å². The van der Waals surface area contributed by atoms with Gasteiger partial charge in [-0.15, -0.1) is 0 Å². The lowest BCUT2D eigenvalue weighted by Crippen LogP contribution is -2.28. The summed E-state index contributed by atoms with van der Waals surface area (Å²) in [5.41, 5.74) is 2.65. The molecule has 0 bridgehead atoms. The van der Waals surface area contributed by atoms with Gasteiger partial charge in [-0.05, 0) is 25.5 Å². The number of nitrogens with zero attached hydrogens (tertiary/aromatic N) is 3. The second kappa shape index (κ2) is 5.69. The number of amides is 1. The van der Waals surface area contributed by atoms with Crippen LogP contribution in [0.2, 0.25) is 0 Å². The molecule has 1 aromatic heterocycles. The van der Waals surface area contributed by atoms with E-state index in [0.717, 1.165) is 11.3 Å². The second-order valence-corrected chi connectivity index (χ2v) is 4.63. The van der Waals surface area contributed by atoms with Gasteiger partial charge in [0.2, 0.25) is 0 Å². The lowest BCUT2D eigenvalue weighted by atomic mass is 10.2. The first-order valence-electron chi connectivity index (χ1n) is 6.45. The van der Waals surface area contributed by atoms with Crippen LogP contribution in [0, 0.1) is 6.92 Å². The summed E-state index contributed by atoms with van der Waals surface area (Å²) in [5.74, 6) is 0.00584. The number of aryl methyl sites for hydroxylation is 2. The third kappa shape index (κ3) is 3.02. The van der Waals surface area contributed by atoms with Crippen LogP contribution in [-0.4, -0.2) is 27.6 Å². The first kappa shape index (κ1) is 13.3. The van der Waals surface area contributed by atoms with E-state index < -0.39 is 0 Å². The molecule has 0 aliphatic carbocycles. The first-order chi connectivity index (χ1) is 9.11. The topological polar surface area (TPSA) is 38.1 Å². The van der Waals surface area contributed by atoms with E-state index in [1.54, 1.807) is 9.58 Å². The molecule has 0 N–H and O–H groups in total. The zero-order chi connectivity index (χ0) is 13.8. The fourth-order valence-corrected chi connectivity index (χ4v) is 2.08. The number of carbonyl (C=O) groups is 1. The van der Waals surface area contributed by atoms with Gasteiger partial charge in [0.15, 0.2) is 0 Å². The zero-order valence-corrected chi connectivity index (χ0v) is 11.6. The van der Waals surface area contributed by atoms with Crippen LogP contribution in [0.25, 0.3) is 0 Å². The Bertz CT molecular complexity index is 560. The first-order valence-corrected chi connectivity index (χ1v) is 6.45. The largest absolute Gasteiger partial charge is 0.336 e. The zero-order valence-electron chi connectivity index (χ0n) is 11.6. The van der Waals surface area contributed by atoms with Crippen molar-refractivity contribution in [1.82, 2.24) is 14.7 Å². The molecule has 1 amide bonds. The van der Waals surface area contributed by atoms with Crippen LogP contribution in [0.1, 0.15) is 28.7 Å². The predicted octanol–water partition coefficient (Wildman–Crippen LogP) is 2.48. The van der Waals surface area contributed by atoms with Crippen molar-refractivity contribution in [3.63, 3.8) is 0 Å².